The van der Waals surface area contributed by atoms with Crippen molar-refractivity contribution in [3.8, 4) is 0 Å². The molecule has 0 aliphatic carbocycles. The Morgan fingerprint density at radius 1 is 1.44 bits per heavy atom. The molecule has 0 radical (unpaired) electrons. The van der Waals surface area contributed by atoms with Crippen LogP contribution in [0.5, 0.6) is 0 Å². The lowest BCUT2D eigenvalue weighted by molar-refractivity contribution is -0.116. The maximum Gasteiger partial charge on any atom is 0.224 e. The lowest BCUT2D eigenvalue weighted by atomic mass is 10.1. The monoisotopic (exact) mass is 265 g/mol. The second kappa shape index (κ2) is 6.81. The van der Waals surface area contributed by atoms with E-state index in [4.69, 9.17) is 4.74 Å². The first-order valence-corrected chi connectivity index (χ1v) is 7.56. The molecule has 3 nitrogen and oxygen atoms in total. The van der Waals surface area contributed by atoms with Crippen LogP contribution in [0, 0.1) is 0 Å². The van der Waals surface area contributed by atoms with Gasteiger partial charge in [0.05, 0.1) is 6.10 Å². The number of ether oxygens (including phenoxy) is 1. The average molecular weight is 265 g/mol. The number of carbonyl (C=O) groups excluding carboxylic acids is 1. The highest BCUT2D eigenvalue weighted by atomic mass is 32.2. The van der Waals surface area contributed by atoms with Crippen LogP contribution in [-0.4, -0.2) is 24.9 Å². The van der Waals surface area contributed by atoms with Crippen LogP contribution < -0.4 is 5.32 Å². The van der Waals surface area contributed by atoms with Crippen LogP contribution in [0.3, 0.4) is 0 Å². The summed E-state index contributed by atoms with van der Waals surface area (Å²) in [5.41, 5.74) is 0.866. The Hall–Kier alpha value is -1.00. The molecule has 1 fully saturated rings. The molecule has 1 N–H and O–H groups in total. The molecule has 0 spiro atoms. The lowest BCUT2D eigenvalue weighted by Crippen LogP contribution is -2.15. The summed E-state index contributed by atoms with van der Waals surface area (Å²) in [6.45, 7) is 0.850. The molecule has 4 heteroatoms. The molecule has 0 bridgehead atoms. The van der Waals surface area contributed by atoms with Crippen molar-refractivity contribution in [1.82, 2.24) is 0 Å². The van der Waals surface area contributed by atoms with E-state index in [1.165, 1.54) is 4.90 Å². The van der Waals surface area contributed by atoms with Gasteiger partial charge in [0.1, 0.15) is 0 Å². The van der Waals surface area contributed by atoms with Gasteiger partial charge < -0.3 is 10.1 Å². The Morgan fingerprint density at radius 3 is 2.83 bits per heavy atom. The highest BCUT2D eigenvalue weighted by Crippen LogP contribution is 2.19. The molecule has 1 heterocycles. The van der Waals surface area contributed by atoms with Crippen LogP contribution >= 0.6 is 11.8 Å². The van der Waals surface area contributed by atoms with Gasteiger partial charge in [-0.05, 0) is 49.8 Å². The molecule has 1 aromatic carbocycles. The number of thioether (sulfide) groups is 1. The zero-order valence-corrected chi connectivity index (χ0v) is 11.5. The van der Waals surface area contributed by atoms with E-state index in [1.54, 1.807) is 11.8 Å². The lowest BCUT2D eigenvalue weighted by Gasteiger charge is -2.09. The maximum atomic E-state index is 11.8. The van der Waals surface area contributed by atoms with Crippen LogP contribution in [0.1, 0.15) is 25.7 Å². The second-order valence-corrected chi connectivity index (χ2v) is 5.33. The summed E-state index contributed by atoms with van der Waals surface area (Å²) in [5, 5.41) is 2.91. The SMILES string of the molecule is CSc1ccc(NC(=O)CCC2CCCO2)cc1. The molecule has 1 saturated heterocycles. The van der Waals surface area contributed by atoms with Gasteiger partial charge in [0.2, 0.25) is 5.91 Å². The van der Waals surface area contributed by atoms with Crippen LogP contribution in [0.15, 0.2) is 29.2 Å². The van der Waals surface area contributed by atoms with Gasteiger partial charge in [0, 0.05) is 23.6 Å². The average Bonchev–Trinajstić information content (AvgIpc) is 2.90. The van der Waals surface area contributed by atoms with Gasteiger partial charge in [-0.25, -0.2) is 0 Å². The highest BCUT2D eigenvalue weighted by molar-refractivity contribution is 7.98. The smallest absolute Gasteiger partial charge is 0.224 e. The summed E-state index contributed by atoms with van der Waals surface area (Å²) in [7, 11) is 0. The number of hydrogen-bond donors (Lipinski definition) is 1. The first-order chi connectivity index (χ1) is 8.78. The molecular formula is C14H19NO2S. The highest BCUT2D eigenvalue weighted by Gasteiger charge is 2.16. The molecule has 1 aliphatic heterocycles. The number of benzene rings is 1. The van der Waals surface area contributed by atoms with Crippen molar-refractivity contribution in [3.05, 3.63) is 24.3 Å². The van der Waals surface area contributed by atoms with Gasteiger partial charge in [-0.1, -0.05) is 0 Å². The standard InChI is InChI=1S/C14H19NO2S/c1-18-13-7-4-11(5-8-13)15-14(16)9-6-12-3-2-10-17-12/h4-5,7-8,12H,2-3,6,9-10H2,1H3,(H,15,16). The number of anilines is 1. The summed E-state index contributed by atoms with van der Waals surface area (Å²) >= 11 is 1.69. The Labute approximate surface area is 112 Å². The Kier molecular flexibility index (Phi) is 5.08. The summed E-state index contributed by atoms with van der Waals surface area (Å²) in [6.07, 6.45) is 5.91. The largest absolute Gasteiger partial charge is 0.378 e. The topological polar surface area (TPSA) is 38.3 Å². The van der Waals surface area contributed by atoms with Crippen LogP contribution in [-0.2, 0) is 9.53 Å². The summed E-state index contributed by atoms with van der Waals surface area (Å²) in [5.74, 6) is 0.0717. The predicted octanol–water partition coefficient (Wildman–Crippen LogP) is 3.31. The summed E-state index contributed by atoms with van der Waals surface area (Å²) in [6, 6.07) is 7.91. The number of nitrogens with one attached hydrogen (secondary N) is 1. The third kappa shape index (κ3) is 4.03. The molecule has 18 heavy (non-hydrogen) atoms. The zero-order chi connectivity index (χ0) is 12.8. The van der Waals surface area contributed by atoms with Crippen LogP contribution in [0.25, 0.3) is 0 Å². The van der Waals surface area contributed by atoms with Gasteiger partial charge in [0.25, 0.3) is 0 Å². The predicted molar refractivity (Wildman–Crippen MR) is 75.1 cm³/mol. The van der Waals surface area contributed by atoms with Gasteiger partial charge >= 0.3 is 0 Å². The minimum Gasteiger partial charge on any atom is -0.378 e. The summed E-state index contributed by atoms with van der Waals surface area (Å²) in [4.78, 5) is 13.0. The van der Waals surface area contributed by atoms with Crippen molar-refractivity contribution >= 4 is 23.4 Å². The molecule has 1 atom stereocenters. The van der Waals surface area contributed by atoms with Crippen molar-refractivity contribution < 1.29 is 9.53 Å². The maximum absolute atomic E-state index is 11.8. The zero-order valence-electron chi connectivity index (χ0n) is 10.6. The first kappa shape index (κ1) is 13.4. The molecule has 0 aromatic heterocycles. The third-order valence-electron chi connectivity index (χ3n) is 3.09. The van der Waals surface area contributed by atoms with Crippen molar-refractivity contribution in [2.75, 3.05) is 18.2 Å². The molecule has 0 saturated carbocycles. The van der Waals surface area contributed by atoms with E-state index in [-0.39, 0.29) is 12.0 Å². The fourth-order valence-corrected chi connectivity index (χ4v) is 2.47. The molecule has 1 aliphatic rings. The minimum absolute atomic E-state index is 0.0717. The Balaban J connectivity index is 1.75. The van der Waals surface area contributed by atoms with E-state index in [2.05, 4.69) is 5.32 Å². The van der Waals surface area contributed by atoms with E-state index >= 15 is 0 Å². The third-order valence-corrected chi connectivity index (χ3v) is 3.83. The van der Waals surface area contributed by atoms with Gasteiger partial charge in [-0.2, -0.15) is 0 Å². The fourth-order valence-electron chi connectivity index (χ4n) is 2.06. The Bertz CT molecular complexity index is 385. The van der Waals surface area contributed by atoms with E-state index < -0.39 is 0 Å². The molecule has 1 aromatic rings. The number of rotatable bonds is 5. The van der Waals surface area contributed by atoms with Gasteiger partial charge in [0.15, 0.2) is 0 Å². The summed E-state index contributed by atoms with van der Waals surface area (Å²) < 4.78 is 5.50. The minimum atomic E-state index is 0.0717. The number of carbonyl (C=O) groups is 1. The quantitative estimate of drug-likeness (QED) is 0.830. The normalized spacial score (nSPS) is 18.8. The second-order valence-electron chi connectivity index (χ2n) is 4.45. The van der Waals surface area contributed by atoms with Gasteiger partial charge in [-0.3, -0.25) is 4.79 Å². The molecule has 1 unspecified atom stereocenters. The number of hydrogen-bond acceptors (Lipinski definition) is 3. The van der Waals surface area contributed by atoms with Crippen molar-refractivity contribution in [2.45, 2.75) is 36.7 Å². The van der Waals surface area contributed by atoms with Crippen LogP contribution in [0.4, 0.5) is 5.69 Å². The van der Waals surface area contributed by atoms with E-state index in [9.17, 15) is 4.79 Å². The van der Waals surface area contributed by atoms with Crippen molar-refractivity contribution in [2.24, 2.45) is 0 Å². The fraction of sp³-hybridized carbons (Fsp3) is 0.500. The first-order valence-electron chi connectivity index (χ1n) is 6.33. The molecule has 2 rings (SSSR count). The molecule has 98 valence electrons. The molecule has 1 amide bonds. The van der Waals surface area contributed by atoms with Crippen LogP contribution in [0.2, 0.25) is 0 Å². The Morgan fingerprint density at radius 2 is 2.22 bits per heavy atom. The van der Waals surface area contributed by atoms with E-state index in [1.807, 2.05) is 30.5 Å². The van der Waals surface area contributed by atoms with Crippen molar-refractivity contribution in [3.63, 3.8) is 0 Å². The van der Waals surface area contributed by atoms with Gasteiger partial charge in [-0.15, -0.1) is 11.8 Å². The molecular weight excluding hydrogens is 246 g/mol. The van der Waals surface area contributed by atoms with E-state index in [0.29, 0.717) is 6.42 Å². The van der Waals surface area contributed by atoms with Crippen molar-refractivity contribution in [1.29, 1.82) is 0 Å². The van der Waals surface area contributed by atoms with E-state index in [0.717, 1.165) is 31.6 Å². The number of amides is 1.